The molecule has 4 nitrogen and oxygen atoms in total. The number of allylic oxidation sites excluding steroid dienone is 2. The highest BCUT2D eigenvalue weighted by atomic mass is 16.5. The highest BCUT2D eigenvalue weighted by Gasteiger charge is 2.71. The summed E-state index contributed by atoms with van der Waals surface area (Å²) in [6.45, 7) is 20.9. The van der Waals surface area contributed by atoms with Gasteiger partial charge < -0.3 is 14.9 Å². The molecule has 2 N–H and O–H groups in total. The molecule has 0 aliphatic heterocycles. The van der Waals surface area contributed by atoms with Crippen molar-refractivity contribution < 1.29 is 19.7 Å². The maximum Gasteiger partial charge on any atom is 0.306 e. The van der Waals surface area contributed by atoms with Crippen molar-refractivity contribution in [3.63, 3.8) is 0 Å². The molecule has 4 rings (SSSR count). The van der Waals surface area contributed by atoms with Crippen LogP contribution in [0, 0.1) is 45.3 Å². The molecular formula is C46H82O4. The lowest BCUT2D eigenvalue weighted by atomic mass is 9.35. The number of esters is 1. The number of aliphatic hydroxyl groups is 2. The van der Waals surface area contributed by atoms with Crippen LogP contribution in [0.3, 0.4) is 0 Å². The van der Waals surface area contributed by atoms with E-state index in [1.54, 1.807) is 0 Å². The van der Waals surface area contributed by atoms with Crippen molar-refractivity contribution in [1.29, 1.82) is 0 Å². The number of unbranched alkanes of at least 4 members (excludes halogenated alkanes) is 12. The topological polar surface area (TPSA) is 66.8 Å². The molecule has 4 aliphatic rings. The van der Waals surface area contributed by atoms with Crippen LogP contribution in [0.15, 0.2) is 11.6 Å². The van der Waals surface area contributed by atoms with E-state index in [2.05, 4.69) is 61.5 Å². The molecule has 0 heterocycles. The minimum atomic E-state index is -0.767. The molecule has 4 fully saturated rings. The van der Waals surface area contributed by atoms with E-state index in [0.29, 0.717) is 18.3 Å². The summed E-state index contributed by atoms with van der Waals surface area (Å²) in [5.74, 6) is 1.18. The fourth-order valence-corrected chi connectivity index (χ4v) is 13.0. The number of hydrogen-bond acceptors (Lipinski definition) is 4. The van der Waals surface area contributed by atoms with Gasteiger partial charge in [0.15, 0.2) is 0 Å². The third kappa shape index (κ3) is 8.90. The van der Waals surface area contributed by atoms with Crippen LogP contribution in [0.1, 0.15) is 210 Å². The van der Waals surface area contributed by atoms with E-state index in [9.17, 15) is 15.0 Å². The Bertz CT molecular complexity index is 1100. The Kier molecular flexibility index (Phi) is 14.7. The van der Waals surface area contributed by atoms with Gasteiger partial charge in [-0.1, -0.05) is 130 Å². The number of aliphatic hydroxyl groups excluding tert-OH is 1. The van der Waals surface area contributed by atoms with E-state index >= 15 is 0 Å². The lowest BCUT2D eigenvalue weighted by Gasteiger charge is -2.70. The van der Waals surface area contributed by atoms with Gasteiger partial charge in [-0.3, -0.25) is 4.79 Å². The van der Waals surface area contributed by atoms with Gasteiger partial charge in [0.2, 0.25) is 0 Å². The van der Waals surface area contributed by atoms with Crippen LogP contribution in [0.2, 0.25) is 0 Å². The van der Waals surface area contributed by atoms with Gasteiger partial charge in [-0.05, 0) is 125 Å². The van der Waals surface area contributed by atoms with Gasteiger partial charge in [0.1, 0.15) is 6.10 Å². The second-order valence-corrected chi connectivity index (χ2v) is 20.0. The molecule has 290 valence electrons. The van der Waals surface area contributed by atoms with Gasteiger partial charge in [-0.15, -0.1) is 0 Å². The number of ether oxygens (including phenoxy) is 1. The summed E-state index contributed by atoms with van der Waals surface area (Å²) in [7, 11) is 0. The van der Waals surface area contributed by atoms with E-state index < -0.39 is 5.60 Å². The normalized spacial score (nSPS) is 37.3. The average Bonchev–Trinajstić information content (AvgIpc) is 3.42. The van der Waals surface area contributed by atoms with E-state index in [4.69, 9.17) is 4.74 Å². The molecule has 0 aromatic carbocycles. The first-order chi connectivity index (χ1) is 23.5. The second kappa shape index (κ2) is 17.5. The van der Waals surface area contributed by atoms with Crippen molar-refractivity contribution in [1.82, 2.24) is 0 Å². The maximum absolute atomic E-state index is 13.2. The Hall–Kier alpha value is -0.870. The minimum Gasteiger partial charge on any atom is -0.462 e. The van der Waals surface area contributed by atoms with Gasteiger partial charge in [-0.2, -0.15) is 0 Å². The largest absolute Gasteiger partial charge is 0.462 e. The summed E-state index contributed by atoms with van der Waals surface area (Å²) in [6.07, 6.45) is 28.3. The first kappa shape index (κ1) is 41.9. The highest BCUT2D eigenvalue weighted by Crippen LogP contribution is 2.76. The highest BCUT2D eigenvalue weighted by molar-refractivity contribution is 5.69. The van der Waals surface area contributed by atoms with Crippen LogP contribution in [0.5, 0.6) is 0 Å². The van der Waals surface area contributed by atoms with Crippen LogP contribution in [-0.2, 0) is 9.53 Å². The first-order valence-electron chi connectivity index (χ1n) is 21.8. The molecule has 0 spiro atoms. The number of hydrogen-bond donors (Lipinski definition) is 2. The lowest BCUT2D eigenvalue weighted by molar-refractivity contribution is -0.249. The van der Waals surface area contributed by atoms with Crippen molar-refractivity contribution in [3.8, 4) is 0 Å². The standard InChI is InChI=1S/C46H82O4/c1-10-11-12-13-14-15-16-17-18-19-20-21-22-25-40(48)50-39-28-30-43(6)37(42(39,4)5)27-32-44(7)38(43)33-36(47)41-35(26-31-45(41,44)8)46(9,49)29-23-24-34(2)3/h24,35-39,41,47,49H,10-23,25-33H2,1-9H3. The van der Waals surface area contributed by atoms with Crippen molar-refractivity contribution in [2.24, 2.45) is 45.3 Å². The summed E-state index contributed by atoms with van der Waals surface area (Å²) in [5, 5.41) is 23.9. The van der Waals surface area contributed by atoms with Crippen LogP contribution < -0.4 is 0 Å². The van der Waals surface area contributed by atoms with Crippen molar-refractivity contribution in [2.45, 2.75) is 228 Å². The van der Waals surface area contributed by atoms with Gasteiger partial charge in [0, 0.05) is 11.8 Å². The molecule has 0 radical (unpaired) electrons. The number of carbonyl (C=O) groups excluding carboxylic acids is 1. The molecular weight excluding hydrogens is 617 g/mol. The summed E-state index contributed by atoms with van der Waals surface area (Å²) in [4.78, 5) is 13.2. The average molecular weight is 699 g/mol. The van der Waals surface area contributed by atoms with Gasteiger partial charge >= 0.3 is 5.97 Å². The molecule has 10 atom stereocenters. The summed E-state index contributed by atoms with van der Waals surface area (Å²) in [6, 6.07) is 0. The molecule has 0 bridgehead atoms. The number of fused-ring (bicyclic) bond motifs is 5. The molecule has 0 aromatic heterocycles. The van der Waals surface area contributed by atoms with Crippen molar-refractivity contribution >= 4 is 5.97 Å². The molecule has 4 aliphatic carbocycles. The monoisotopic (exact) mass is 699 g/mol. The molecule has 4 saturated carbocycles. The van der Waals surface area contributed by atoms with E-state index in [1.807, 2.05) is 6.92 Å². The summed E-state index contributed by atoms with van der Waals surface area (Å²) >= 11 is 0. The summed E-state index contributed by atoms with van der Waals surface area (Å²) in [5.41, 5.74) is 0.688. The minimum absolute atomic E-state index is 0.00692. The molecule has 10 unspecified atom stereocenters. The second-order valence-electron chi connectivity index (χ2n) is 20.0. The number of rotatable bonds is 19. The lowest BCUT2D eigenvalue weighted by Crippen LogP contribution is -2.66. The van der Waals surface area contributed by atoms with Gasteiger partial charge in [-0.25, -0.2) is 0 Å². The molecule has 0 aromatic rings. The van der Waals surface area contributed by atoms with Crippen LogP contribution in [0.25, 0.3) is 0 Å². The molecule has 50 heavy (non-hydrogen) atoms. The Morgan fingerprint density at radius 2 is 1.34 bits per heavy atom. The third-order valence-corrected chi connectivity index (χ3v) is 16.1. The van der Waals surface area contributed by atoms with E-state index in [0.717, 1.165) is 70.6 Å². The Balaban J connectivity index is 1.28. The summed E-state index contributed by atoms with van der Waals surface area (Å²) < 4.78 is 6.36. The Morgan fingerprint density at radius 1 is 0.780 bits per heavy atom. The van der Waals surface area contributed by atoms with Gasteiger partial charge in [0.05, 0.1) is 11.7 Å². The van der Waals surface area contributed by atoms with Crippen LogP contribution >= 0.6 is 0 Å². The van der Waals surface area contributed by atoms with Gasteiger partial charge in [0.25, 0.3) is 0 Å². The predicted molar refractivity (Wildman–Crippen MR) is 210 cm³/mol. The zero-order valence-corrected chi connectivity index (χ0v) is 34.5. The maximum atomic E-state index is 13.2. The first-order valence-corrected chi connectivity index (χ1v) is 21.8. The molecule has 4 heteroatoms. The van der Waals surface area contributed by atoms with Crippen LogP contribution in [-0.4, -0.2) is 34.0 Å². The zero-order chi connectivity index (χ0) is 36.8. The Morgan fingerprint density at radius 3 is 1.92 bits per heavy atom. The predicted octanol–water partition coefficient (Wildman–Crippen LogP) is 12.5. The smallest absolute Gasteiger partial charge is 0.306 e. The number of carbonyl (C=O) groups is 1. The van der Waals surface area contributed by atoms with Crippen molar-refractivity contribution in [2.75, 3.05) is 0 Å². The Labute approximate surface area is 309 Å². The fraction of sp³-hybridized carbons (Fsp3) is 0.935. The van der Waals surface area contributed by atoms with E-state index in [1.165, 1.54) is 76.2 Å². The quantitative estimate of drug-likeness (QED) is 0.0800. The molecule has 0 amide bonds. The fourth-order valence-electron chi connectivity index (χ4n) is 13.0. The SMILES string of the molecule is CCCCCCCCCCCCCCCC(=O)OC1CCC2(C)C(CCC3(C)C2CC(O)C2C(C(C)(O)CCC=C(C)C)CCC23C)C1(C)C. The molecule has 0 saturated heterocycles. The van der Waals surface area contributed by atoms with Crippen LogP contribution in [0.4, 0.5) is 0 Å². The van der Waals surface area contributed by atoms with E-state index in [-0.39, 0.29) is 51.7 Å². The van der Waals surface area contributed by atoms with Crippen molar-refractivity contribution in [3.05, 3.63) is 11.6 Å². The third-order valence-electron chi connectivity index (χ3n) is 16.1. The zero-order valence-electron chi connectivity index (χ0n) is 34.5.